The maximum Gasteiger partial charge on any atom is 0.122 e. The van der Waals surface area contributed by atoms with E-state index in [9.17, 15) is 0 Å². The third-order valence-electron chi connectivity index (χ3n) is 5.56. The molecule has 21 heavy (non-hydrogen) atoms. The molecule has 1 N–H and O–H groups in total. The summed E-state index contributed by atoms with van der Waals surface area (Å²) in [5.41, 5.74) is 1.32. The van der Waals surface area contributed by atoms with Crippen LogP contribution in [-0.4, -0.2) is 19.7 Å². The third kappa shape index (κ3) is 3.79. The van der Waals surface area contributed by atoms with Crippen LogP contribution in [0, 0.1) is 11.8 Å². The van der Waals surface area contributed by atoms with Crippen molar-refractivity contribution in [1.82, 2.24) is 5.32 Å². The quantitative estimate of drug-likeness (QED) is 0.877. The van der Waals surface area contributed by atoms with Crippen LogP contribution in [-0.2, 0) is 6.42 Å². The van der Waals surface area contributed by atoms with E-state index in [1.807, 2.05) is 6.07 Å². The largest absolute Gasteiger partial charge is 0.496 e. The molecule has 3 rings (SSSR count). The van der Waals surface area contributed by atoms with E-state index in [1.165, 1.54) is 50.5 Å². The highest BCUT2D eigenvalue weighted by atomic mass is 16.5. The maximum atomic E-state index is 5.43. The normalized spacial score (nSPS) is 28.9. The summed E-state index contributed by atoms with van der Waals surface area (Å²) in [4.78, 5) is 0. The summed E-state index contributed by atoms with van der Waals surface area (Å²) in [5, 5.41) is 3.80. The van der Waals surface area contributed by atoms with E-state index in [1.54, 1.807) is 7.11 Å². The van der Waals surface area contributed by atoms with Crippen molar-refractivity contribution in [3.8, 4) is 5.75 Å². The Morgan fingerprint density at radius 1 is 1.05 bits per heavy atom. The number of hydrogen-bond donors (Lipinski definition) is 1. The highest BCUT2D eigenvalue weighted by Crippen LogP contribution is 2.40. The van der Waals surface area contributed by atoms with Gasteiger partial charge in [0.25, 0.3) is 0 Å². The van der Waals surface area contributed by atoms with Gasteiger partial charge in [-0.05, 0) is 55.7 Å². The summed E-state index contributed by atoms with van der Waals surface area (Å²) in [5.74, 6) is 3.08. The average molecular weight is 287 g/mol. The molecule has 0 amide bonds. The number of methoxy groups -OCH3 is 1. The fourth-order valence-electron chi connectivity index (χ4n) is 4.38. The van der Waals surface area contributed by atoms with Crippen LogP contribution in [0.15, 0.2) is 24.3 Å². The first-order valence-corrected chi connectivity index (χ1v) is 8.72. The van der Waals surface area contributed by atoms with E-state index >= 15 is 0 Å². The molecule has 2 aliphatic carbocycles. The molecule has 1 aromatic carbocycles. The highest BCUT2D eigenvalue weighted by molar-refractivity contribution is 5.33. The molecular formula is C19H29NO. The van der Waals surface area contributed by atoms with Gasteiger partial charge in [0.15, 0.2) is 0 Å². The van der Waals surface area contributed by atoms with Crippen molar-refractivity contribution >= 4 is 0 Å². The monoisotopic (exact) mass is 287 g/mol. The van der Waals surface area contributed by atoms with Gasteiger partial charge < -0.3 is 10.1 Å². The lowest BCUT2D eigenvalue weighted by Gasteiger charge is -2.39. The molecule has 116 valence electrons. The minimum absolute atomic E-state index is 0.749. The van der Waals surface area contributed by atoms with Crippen molar-refractivity contribution in [3.05, 3.63) is 29.8 Å². The van der Waals surface area contributed by atoms with Crippen molar-refractivity contribution in [2.75, 3.05) is 13.7 Å². The van der Waals surface area contributed by atoms with E-state index in [2.05, 4.69) is 23.5 Å². The Hall–Kier alpha value is -1.02. The number of para-hydroxylation sites is 1. The number of benzene rings is 1. The summed E-state index contributed by atoms with van der Waals surface area (Å²) >= 11 is 0. The highest BCUT2D eigenvalue weighted by Gasteiger charge is 2.31. The summed E-state index contributed by atoms with van der Waals surface area (Å²) in [6.07, 6.45) is 11.2. The summed E-state index contributed by atoms with van der Waals surface area (Å²) in [6, 6.07) is 9.13. The van der Waals surface area contributed by atoms with Crippen LogP contribution in [0.2, 0.25) is 0 Å². The lowest BCUT2D eigenvalue weighted by atomic mass is 9.69. The van der Waals surface area contributed by atoms with E-state index in [0.29, 0.717) is 0 Å². The summed E-state index contributed by atoms with van der Waals surface area (Å²) in [6.45, 7) is 1.07. The zero-order chi connectivity index (χ0) is 14.5. The van der Waals surface area contributed by atoms with Crippen LogP contribution < -0.4 is 10.1 Å². The van der Waals surface area contributed by atoms with Crippen LogP contribution >= 0.6 is 0 Å². The average Bonchev–Trinajstić information content (AvgIpc) is 2.55. The zero-order valence-electron chi connectivity index (χ0n) is 13.3. The molecule has 1 aromatic rings. The SMILES string of the molecule is COc1ccccc1CCNC1CCC2CCCCC2C1. The van der Waals surface area contributed by atoms with Gasteiger partial charge in [0.05, 0.1) is 7.11 Å². The first-order valence-electron chi connectivity index (χ1n) is 8.72. The van der Waals surface area contributed by atoms with Crippen LogP contribution in [0.5, 0.6) is 5.75 Å². The van der Waals surface area contributed by atoms with Crippen molar-refractivity contribution < 1.29 is 4.74 Å². The predicted octanol–water partition coefficient (Wildman–Crippen LogP) is 4.19. The molecule has 0 aromatic heterocycles. The Kier molecular flexibility index (Phi) is 5.18. The Bertz CT molecular complexity index is 445. The van der Waals surface area contributed by atoms with Crippen molar-refractivity contribution in [2.45, 2.75) is 57.4 Å². The Labute approximate surface area is 129 Å². The van der Waals surface area contributed by atoms with Gasteiger partial charge in [-0.1, -0.05) is 43.9 Å². The molecule has 0 radical (unpaired) electrons. The van der Waals surface area contributed by atoms with Crippen LogP contribution in [0.1, 0.15) is 50.5 Å². The maximum absolute atomic E-state index is 5.43. The zero-order valence-corrected chi connectivity index (χ0v) is 13.3. The van der Waals surface area contributed by atoms with Gasteiger partial charge in [0, 0.05) is 6.04 Å². The second-order valence-corrected chi connectivity index (χ2v) is 6.83. The second kappa shape index (κ2) is 7.31. The molecular weight excluding hydrogens is 258 g/mol. The molecule has 0 heterocycles. The molecule has 0 saturated heterocycles. The first-order chi connectivity index (χ1) is 10.4. The smallest absolute Gasteiger partial charge is 0.122 e. The third-order valence-corrected chi connectivity index (χ3v) is 5.56. The molecule has 2 aliphatic rings. The number of rotatable bonds is 5. The van der Waals surface area contributed by atoms with E-state index in [-0.39, 0.29) is 0 Å². The van der Waals surface area contributed by atoms with Crippen molar-refractivity contribution in [3.63, 3.8) is 0 Å². The molecule has 3 atom stereocenters. The van der Waals surface area contributed by atoms with Gasteiger partial charge in [-0.15, -0.1) is 0 Å². The molecule has 2 nitrogen and oxygen atoms in total. The van der Waals surface area contributed by atoms with E-state index in [0.717, 1.165) is 36.6 Å². The van der Waals surface area contributed by atoms with Crippen LogP contribution in [0.25, 0.3) is 0 Å². The second-order valence-electron chi connectivity index (χ2n) is 6.83. The number of fused-ring (bicyclic) bond motifs is 1. The summed E-state index contributed by atoms with van der Waals surface area (Å²) < 4.78 is 5.43. The Balaban J connectivity index is 1.45. The summed E-state index contributed by atoms with van der Waals surface area (Å²) in [7, 11) is 1.76. The van der Waals surface area contributed by atoms with Gasteiger partial charge in [0.1, 0.15) is 5.75 Å². The van der Waals surface area contributed by atoms with Gasteiger partial charge in [-0.3, -0.25) is 0 Å². The minimum atomic E-state index is 0.749. The van der Waals surface area contributed by atoms with Gasteiger partial charge in [-0.25, -0.2) is 0 Å². The first kappa shape index (κ1) is 14.9. The van der Waals surface area contributed by atoms with Crippen LogP contribution in [0.4, 0.5) is 0 Å². The molecule has 2 fully saturated rings. The number of nitrogens with one attached hydrogen (secondary N) is 1. The van der Waals surface area contributed by atoms with Gasteiger partial charge in [0.2, 0.25) is 0 Å². The van der Waals surface area contributed by atoms with E-state index in [4.69, 9.17) is 4.74 Å². The standard InChI is InChI=1S/C19H29NO/c1-21-19-9-5-4-7-16(19)12-13-20-18-11-10-15-6-2-3-8-17(15)14-18/h4-5,7,9,15,17-18,20H,2-3,6,8,10-14H2,1H3. The molecule has 2 saturated carbocycles. The minimum Gasteiger partial charge on any atom is -0.496 e. The fourth-order valence-corrected chi connectivity index (χ4v) is 4.38. The Morgan fingerprint density at radius 2 is 1.86 bits per heavy atom. The predicted molar refractivity (Wildman–Crippen MR) is 87.8 cm³/mol. The van der Waals surface area contributed by atoms with Crippen molar-refractivity contribution in [1.29, 1.82) is 0 Å². The molecule has 0 spiro atoms. The topological polar surface area (TPSA) is 21.3 Å². The number of ether oxygens (including phenoxy) is 1. The van der Waals surface area contributed by atoms with Gasteiger partial charge >= 0.3 is 0 Å². The lowest BCUT2D eigenvalue weighted by molar-refractivity contribution is 0.144. The molecule has 0 aliphatic heterocycles. The van der Waals surface area contributed by atoms with Gasteiger partial charge in [-0.2, -0.15) is 0 Å². The fraction of sp³-hybridized carbons (Fsp3) is 0.684. The molecule has 3 unspecified atom stereocenters. The number of hydrogen-bond acceptors (Lipinski definition) is 2. The van der Waals surface area contributed by atoms with Crippen LogP contribution in [0.3, 0.4) is 0 Å². The van der Waals surface area contributed by atoms with E-state index < -0.39 is 0 Å². The Morgan fingerprint density at radius 3 is 2.71 bits per heavy atom. The van der Waals surface area contributed by atoms with Crippen molar-refractivity contribution in [2.24, 2.45) is 11.8 Å². The lowest BCUT2D eigenvalue weighted by Crippen LogP contribution is -2.39. The molecule has 2 heteroatoms. The molecule has 0 bridgehead atoms.